The highest BCUT2D eigenvalue weighted by molar-refractivity contribution is 5.15. The van der Waals surface area contributed by atoms with Gasteiger partial charge in [0.25, 0.3) is 0 Å². The number of aliphatic hydroxyl groups excluding tert-OH is 2. The minimum Gasteiger partial charge on any atom is -0.393 e. The van der Waals surface area contributed by atoms with Crippen LogP contribution < -0.4 is 0 Å². The molecule has 2 fully saturated rings. The van der Waals surface area contributed by atoms with Gasteiger partial charge in [0.05, 0.1) is 18.8 Å². The number of rotatable bonds is 3. The van der Waals surface area contributed by atoms with E-state index in [1.165, 1.54) is 0 Å². The van der Waals surface area contributed by atoms with E-state index in [0.29, 0.717) is 25.8 Å². The number of benzene rings is 1. The second-order valence-corrected chi connectivity index (χ2v) is 5.84. The van der Waals surface area contributed by atoms with Gasteiger partial charge < -0.3 is 15.3 Å². The molecule has 20 heavy (non-hydrogen) atoms. The number of aliphatic hydroxyl groups is 3. The lowest BCUT2D eigenvalue weighted by Crippen LogP contribution is -2.54. The summed E-state index contributed by atoms with van der Waals surface area (Å²) in [6.45, 7) is 0.150. The lowest BCUT2D eigenvalue weighted by molar-refractivity contribution is -0.225. The van der Waals surface area contributed by atoms with Crippen LogP contribution in [-0.2, 0) is 11.4 Å². The van der Waals surface area contributed by atoms with Gasteiger partial charge in [0.1, 0.15) is 11.7 Å². The molecule has 5 nitrogen and oxygen atoms in total. The van der Waals surface area contributed by atoms with Gasteiger partial charge in [-0.2, -0.15) is 5.06 Å². The van der Waals surface area contributed by atoms with Crippen LogP contribution in [0.25, 0.3) is 0 Å². The first-order chi connectivity index (χ1) is 9.62. The molecule has 3 N–H and O–H groups in total. The zero-order valence-corrected chi connectivity index (χ0v) is 11.4. The molecule has 1 aliphatic carbocycles. The van der Waals surface area contributed by atoms with Crippen LogP contribution in [0.15, 0.2) is 30.3 Å². The Balaban J connectivity index is 1.78. The van der Waals surface area contributed by atoms with Crippen LogP contribution >= 0.6 is 0 Å². The Morgan fingerprint density at radius 1 is 1.30 bits per heavy atom. The zero-order valence-electron chi connectivity index (χ0n) is 11.4. The standard InChI is InChI=1S/C15H21NO4/c17-10-15(19)7-6-12-8-13(14(15)18)16(20-12)9-11-4-2-1-3-5-11/h1-5,12-14,17-19H,6-10H2/t12-,13-,14-,15-/m1/s1. The van der Waals surface area contributed by atoms with Crippen LogP contribution in [0.3, 0.4) is 0 Å². The smallest absolute Gasteiger partial charge is 0.115 e. The van der Waals surface area contributed by atoms with Crippen molar-refractivity contribution in [3.05, 3.63) is 35.9 Å². The van der Waals surface area contributed by atoms with Crippen molar-refractivity contribution in [1.29, 1.82) is 0 Å². The van der Waals surface area contributed by atoms with Gasteiger partial charge in [-0.05, 0) is 24.8 Å². The summed E-state index contributed by atoms with van der Waals surface area (Å²) in [6.07, 6.45) is 0.722. The third kappa shape index (κ3) is 2.47. The van der Waals surface area contributed by atoms with Crippen LogP contribution in [0.1, 0.15) is 24.8 Å². The second kappa shape index (κ2) is 5.42. The van der Waals surface area contributed by atoms with Gasteiger partial charge >= 0.3 is 0 Å². The molecule has 1 aliphatic heterocycles. The molecule has 3 rings (SSSR count). The van der Waals surface area contributed by atoms with Crippen LogP contribution in [0.2, 0.25) is 0 Å². The number of fused-ring (bicyclic) bond motifs is 2. The fraction of sp³-hybridized carbons (Fsp3) is 0.600. The summed E-state index contributed by atoms with van der Waals surface area (Å²) in [7, 11) is 0. The molecule has 0 aromatic heterocycles. The minimum atomic E-state index is -1.42. The van der Waals surface area contributed by atoms with Crippen molar-refractivity contribution in [2.24, 2.45) is 0 Å². The molecule has 4 atom stereocenters. The minimum absolute atomic E-state index is 0.0129. The van der Waals surface area contributed by atoms with Crippen molar-refractivity contribution in [1.82, 2.24) is 5.06 Å². The third-order valence-corrected chi connectivity index (χ3v) is 4.43. The Kier molecular flexibility index (Phi) is 3.79. The summed E-state index contributed by atoms with van der Waals surface area (Å²) in [5, 5.41) is 31.9. The molecular formula is C15H21NO4. The highest BCUT2D eigenvalue weighted by Gasteiger charge is 2.50. The van der Waals surface area contributed by atoms with Gasteiger partial charge in [-0.1, -0.05) is 30.3 Å². The molecule has 0 radical (unpaired) electrons. The van der Waals surface area contributed by atoms with Gasteiger partial charge in [0.15, 0.2) is 0 Å². The molecule has 1 aromatic rings. The fourth-order valence-corrected chi connectivity index (χ4v) is 3.16. The Morgan fingerprint density at radius 3 is 2.75 bits per heavy atom. The summed E-state index contributed by atoms with van der Waals surface area (Å²) < 4.78 is 0. The van der Waals surface area contributed by atoms with Gasteiger partial charge in [-0.25, -0.2) is 0 Å². The summed E-state index contributed by atoms with van der Waals surface area (Å²) in [5.74, 6) is 0. The Bertz CT molecular complexity index is 454. The van der Waals surface area contributed by atoms with E-state index >= 15 is 0 Å². The molecule has 2 bridgehead atoms. The number of hydrogen-bond acceptors (Lipinski definition) is 5. The normalized spacial score (nSPS) is 37.9. The van der Waals surface area contributed by atoms with Crippen molar-refractivity contribution in [3.63, 3.8) is 0 Å². The summed E-state index contributed by atoms with van der Waals surface area (Å²) in [6, 6.07) is 9.61. The maximum atomic E-state index is 10.4. The maximum absolute atomic E-state index is 10.4. The van der Waals surface area contributed by atoms with Crippen molar-refractivity contribution in [2.45, 2.75) is 49.7 Å². The second-order valence-electron chi connectivity index (χ2n) is 5.84. The van der Waals surface area contributed by atoms with E-state index in [0.717, 1.165) is 5.56 Å². The molecular weight excluding hydrogens is 258 g/mol. The lowest BCUT2D eigenvalue weighted by atomic mass is 9.90. The first-order valence-electron chi connectivity index (χ1n) is 7.11. The summed E-state index contributed by atoms with van der Waals surface area (Å²) in [4.78, 5) is 5.86. The number of hydroxylamine groups is 2. The van der Waals surface area contributed by atoms with Gasteiger partial charge in [-0.3, -0.25) is 4.84 Å². The van der Waals surface area contributed by atoms with Gasteiger partial charge in [0, 0.05) is 6.54 Å². The molecule has 0 amide bonds. The molecule has 0 spiro atoms. The summed E-state index contributed by atoms with van der Waals surface area (Å²) >= 11 is 0. The van der Waals surface area contributed by atoms with Crippen molar-refractivity contribution in [2.75, 3.05) is 6.61 Å². The van der Waals surface area contributed by atoms with E-state index < -0.39 is 18.3 Å². The topological polar surface area (TPSA) is 73.2 Å². The van der Waals surface area contributed by atoms with E-state index in [2.05, 4.69) is 0 Å². The highest BCUT2D eigenvalue weighted by atomic mass is 16.7. The average Bonchev–Trinajstić information content (AvgIpc) is 2.82. The Morgan fingerprint density at radius 2 is 2.05 bits per heavy atom. The van der Waals surface area contributed by atoms with Crippen LogP contribution in [0, 0.1) is 0 Å². The van der Waals surface area contributed by atoms with Crippen LogP contribution in [0.5, 0.6) is 0 Å². The molecule has 0 unspecified atom stereocenters. The van der Waals surface area contributed by atoms with Crippen molar-refractivity contribution < 1.29 is 20.2 Å². The van der Waals surface area contributed by atoms with E-state index in [-0.39, 0.29) is 12.1 Å². The Hall–Kier alpha value is -0.980. The number of nitrogens with zero attached hydrogens (tertiary/aromatic N) is 1. The lowest BCUT2D eigenvalue weighted by Gasteiger charge is -2.37. The first-order valence-corrected chi connectivity index (χ1v) is 7.11. The molecule has 5 heteroatoms. The molecule has 1 aromatic carbocycles. The van der Waals surface area contributed by atoms with E-state index in [9.17, 15) is 15.3 Å². The van der Waals surface area contributed by atoms with Crippen LogP contribution in [-0.4, -0.2) is 50.8 Å². The van der Waals surface area contributed by atoms with E-state index in [4.69, 9.17) is 4.84 Å². The Labute approximate surface area is 118 Å². The molecule has 110 valence electrons. The first kappa shape index (κ1) is 14.0. The molecule has 1 heterocycles. The van der Waals surface area contributed by atoms with Crippen molar-refractivity contribution >= 4 is 0 Å². The molecule has 1 saturated heterocycles. The average molecular weight is 279 g/mol. The highest BCUT2D eigenvalue weighted by Crippen LogP contribution is 2.37. The largest absolute Gasteiger partial charge is 0.393 e. The van der Waals surface area contributed by atoms with Gasteiger partial charge in [-0.15, -0.1) is 0 Å². The number of hydrogen-bond donors (Lipinski definition) is 3. The van der Waals surface area contributed by atoms with Gasteiger partial charge in [0.2, 0.25) is 0 Å². The molecule has 1 saturated carbocycles. The molecule has 2 aliphatic rings. The third-order valence-electron chi connectivity index (χ3n) is 4.43. The van der Waals surface area contributed by atoms with Crippen molar-refractivity contribution in [3.8, 4) is 0 Å². The van der Waals surface area contributed by atoms with Crippen LogP contribution in [0.4, 0.5) is 0 Å². The SMILES string of the molecule is OC[C@]1(O)CC[C@@H]2C[C@H]([C@H]1O)N(Cc1ccccc1)O2. The summed E-state index contributed by atoms with van der Waals surface area (Å²) in [5.41, 5.74) is -0.323. The predicted octanol–water partition coefficient (Wildman–Crippen LogP) is 0.439. The quantitative estimate of drug-likeness (QED) is 0.749. The predicted molar refractivity (Wildman–Crippen MR) is 72.5 cm³/mol. The monoisotopic (exact) mass is 279 g/mol. The van der Waals surface area contributed by atoms with E-state index in [1.807, 2.05) is 30.3 Å². The van der Waals surface area contributed by atoms with E-state index in [1.54, 1.807) is 5.06 Å². The maximum Gasteiger partial charge on any atom is 0.115 e. The zero-order chi connectivity index (χ0) is 14.2. The fourth-order valence-electron chi connectivity index (χ4n) is 3.16.